The summed E-state index contributed by atoms with van der Waals surface area (Å²) in [7, 11) is 0. The van der Waals surface area contributed by atoms with Crippen LogP contribution in [0.15, 0.2) is 47.6 Å². The number of nitrogens with zero attached hydrogens (tertiary/aromatic N) is 2. The third-order valence-corrected chi connectivity index (χ3v) is 1.64. The van der Waals surface area contributed by atoms with Crippen LogP contribution in [0.2, 0.25) is 0 Å². The van der Waals surface area contributed by atoms with Gasteiger partial charge in [-0.05, 0) is 32.1 Å². The van der Waals surface area contributed by atoms with Gasteiger partial charge in [0.2, 0.25) is 0 Å². The SMILES string of the molecule is CC=N/C(=C\C=C/C)c1ccccn1. The summed E-state index contributed by atoms with van der Waals surface area (Å²) in [6.07, 6.45) is 9.40. The second-order valence-electron chi connectivity index (χ2n) is 2.68. The number of rotatable bonds is 3. The molecule has 0 atom stereocenters. The summed E-state index contributed by atoms with van der Waals surface area (Å²) in [5.41, 5.74) is 1.77. The van der Waals surface area contributed by atoms with Crippen molar-refractivity contribution in [2.75, 3.05) is 0 Å². The Bertz CT molecular complexity index is 348. The molecule has 0 spiro atoms. The molecule has 0 fully saturated rings. The average molecular weight is 186 g/mol. The first-order valence-corrected chi connectivity index (χ1v) is 4.61. The first-order chi connectivity index (χ1) is 6.88. The molecule has 72 valence electrons. The number of pyridine rings is 1. The van der Waals surface area contributed by atoms with Gasteiger partial charge < -0.3 is 0 Å². The maximum Gasteiger partial charge on any atom is 0.0885 e. The Morgan fingerprint density at radius 3 is 2.79 bits per heavy atom. The van der Waals surface area contributed by atoms with Crippen LogP contribution in [0.1, 0.15) is 19.5 Å². The molecule has 1 aromatic heterocycles. The summed E-state index contributed by atoms with van der Waals surface area (Å²) in [4.78, 5) is 8.49. The van der Waals surface area contributed by atoms with Crippen LogP contribution in [-0.4, -0.2) is 11.2 Å². The molecule has 0 aliphatic heterocycles. The number of allylic oxidation sites excluding steroid dienone is 3. The van der Waals surface area contributed by atoms with E-state index in [4.69, 9.17) is 0 Å². The molecule has 0 unspecified atom stereocenters. The Hall–Kier alpha value is -1.70. The van der Waals surface area contributed by atoms with E-state index < -0.39 is 0 Å². The van der Waals surface area contributed by atoms with Crippen LogP contribution in [0, 0.1) is 0 Å². The molecule has 1 heterocycles. The van der Waals surface area contributed by atoms with Gasteiger partial charge in [0, 0.05) is 12.4 Å². The topological polar surface area (TPSA) is 25.2 Å². The standard InChI is InChI=1S/C12H14N2/c1-3-5-8-11(13-4-2)12-9-6-7-10-14-12/h3-10H,1-2H3/b5-3-,11-8-,13-4?. The van der Waals surface area contributed by atoms with Crippen molar-refractivity contribution in [1.82, 2.24) is 4.98 Å². The van der Waals surface area contributed by atoms with Gasteiger partial charge in [0.15, 0.2) is 0 Å². The van der Waals surface area contributed by atoms with Crippen molar-refractivity contribution in [3.05, 3.63) is 48.3 Å². The molecule has 0 saturated heterocycles. The minimum atomic E-state index is 0.881. The number of hydrogen-bond donors (Lipinski definition) is 0. The van der Waals surface area contributed by atoms with Crippen molar-refractivity contribution in [2.45, 2.75) is 13.8 Å². The predicted octanol–water partition coefficient (Wildman–Crippen LogP) is 3.09. The van der Waals surface area contributed by atoms with E-state index in [0.29, 0.717) is 0 Å². The highest BCUT2D eigenvalue weighted by Crippen LogP contribution is 2.11. The van der Waals surface area contributed by atoms with E-state index in [0.717, 1.165) is 11.4 Å². The molecule has 0 bridgehead atoms. The largest absolute Gasteiger partial charge is 0.259 e. The van der Waals surface area contributed by atoms with Gasteiger partial charge in [0.1, 0.15) is 0 Å². The monoisotopic (exact) mass is 186 g/mol. The van der Waals surface area contributed by atoms with Gasteiger partial charge in [-0.25, -0.2) is 0 Å². The molecule has 0 aliphatic carbocycles. The molecule has 2 heteroatoms. The molecule has 14 heavy (non-hydrogen) atoms. The van der Waals surface area contributed by atoms with Gasteiger partial charge in [-0.15, -0.1) is 0 Å². The van der Waals surface area contributed by atoms with Gasteiger partial charge in [0.05, 0.1) is 11.4 Å². The third kappa shape index (κ3) is 2.98. The van der Waals surface area contributed by atoms with Gasteiger partial charge in [-0.3, -0.25) is 9.98 Å². The van der Waals surface area contributed by atoms with Crippen molar-refractivity contribution in [3.63, 3.8) is 0 Å². The van der Waals surface area contributed by atoms with E-state index in [2.05, 4.69) is 9.98 Å². The van der Waals surface area contributed by atoms with E-state index in [-0.39, 0.29) is 0 Å². The van der Waals surface area contributed by atoms with E-state index in [1.807, 2.05) is 50.3 Å². The number of aliphatic imine (C=N–C) groups is 1. The summed E-state index contributed by atoms with van der Waals surface area (Å²) in [5.74, 6) is 0. The van der Waals surface area contributed by atoms with E-state index in [1.54, 1.807) is 12.4 Å². The van der Waals surface area contributed by atoms with Crippen molar-refractivity contribution in [3.8, 4) is 0 Å². The van der Waals surface area contributed by atoms with Crippen molar-refractivity contribution in [1.29, 1.82) is 0 Å². The van der Waals surface area contributed by atoms with Crippen LogP contribution in [0.4, 0.5) is 0 Å². The second kappa shape index (κ2) is 5.86. The third-order valence-electron chi connectivity index (χ3n) is 1.64. The Balaban J connectivity index is 3.00. The summed E-state index contributed by atoms with van der Waals surface area (Å²) in [6.45, 7) is 3.87. The maximum absolute atomic E-state index is 4.25. The Morgan fingerprint density at radius 2 is 2.21 bits per heavy atom. The number of aromatic nitrogens is 1. The molecule has 0 N–H and O–H groups in total. The van der Waals surface area contributed by atoms with Crippen LogP contribution < -0.4 is 0 Å². The van der Waals surface area contributed by atoms with E-state index >= 15 is 0 Å². The minimum absolute atomic E-state index is 0.881. The van der Waals surface area contributed by atoms with Crippen LogP contribution in [0.25, 0.3) is 5.70 Å². The van der Waals surface area contributed by atoms with Crippen LogP contribution in [0.3, 0.4) is 0 Å². The quantitative estimate of drug-likeness (QED) is 0.526. The zero-order valence-corrected chi connectivity index (χ0v) is 8.51. The zero-order chi connectivity index (χ0) is 10.2. The summed E-state index contributed by atoms with van der Waals surface area (Å²) >= 11 is 0. The summed E-state index contributed by atoms with van der Waals surface area (Å²) < 4.78 is 0. The zero-order valence-electron chi connectivity index (χ0n) is 8.51. The molecule has 0 aliphatic rings. The van der Waals surface area contributed by atoms with Crippen molar-refractivity contribution in [2.24, 2.45) is 4.99 Å². The van der Waals surface area contributed by atoms with Gasteiger partial charge in [-0.2, -0.15) is 0 Å². The highest BCUT2D eigenvalue weighted by atomic mass is 14.8. The lowest BCUT2D eigenvalue weighted by Gasteiger charge is -1.98. The fraction of sp³-hybridized carbons (Fsp3) is 0.167. The maximum atomic E-state index is 4.25. The van der Waals surface area contributed by atoms with E-state index in [1.165, 1.54) is 0 Å². The molecular weight excluding hydrogens is 172 g/mol. The van der Waals surface area contributed by atoms with E-state index in [9.17, 15) is 0 Å². The number of hydrogen-bond acceptors (Lipinski definition) is 2. The Kier molecular flexibility index (Phi) is 4.35. The molecular formula is C12H14N2. The lowest BCUT2D eigenvalue weighted by atomic mass is 10.2. The lowest BCUT2D eigenvalue weighted by molar-refractivity contribution is 1.26. The fourth-order valence-electron chi connectivity index (χ4n) is 1.04. The first kappa shape index (κ1) is 10.4. The normalized spacial score (nSPS) is 12.9. The van der Waals surface area contributed by atoms with Gasteiger partial charge >= 0.3 is 0 Å². The molecule has 0 saturated carbocycles. The van der Waals surface area contributed by atoms with Crippen molar-refractivity contribution >= 4 is 11.9 Å². The smallest absolute Gasteiger partial charge is 0.0885 e. The molecule has 2 nitrogen and oxygen atoms in total. The summed E-state index contributed by atoms with van der Waals surface area (Å²) in [5, 5.41) is 0. The molecule has 0 aromatic carbocycles. The van der Waals surface area contributed by atoms with Crippen LogP contribution >= 0.6 is 0 Å². The molecule has 1 rings (SSSR count). The van der Waals surface area contributed by atoms with Crippen molar-refractivity contribution < 1.29 is 0 Å². The van der Waals surface area contributed by atoms with Gasteiger partial charge in [-0.1, -0.05) is 18.2 Å². The lowest BCUT2D eigenvalue weighted by Crippen LogP contribution is -1.85. The second-order valence-corrected chi connectivity index (χ2v) is 2.68. The fourth-order valence-corrected chi connectivity index (χ4v) is 1.04. The van der Waals surface area contributed by atoms with Gasteiger partial charge in [0.25, 0.3) is 0 Å². The highest BCUT2D eigenvalue weighted by Gasteiger charge is 1.96. The van der Waals surface area contributed by atoms with Crippen LogP contribution in [0.5, 0.6) is 0 Å². The Labute approximate surface area is 84.7 Å². The minimum Gasteiger partial charge on any atom is -0.259 e. The molecule has 0 radical (unpaired) electrons. The van der Waals surface area contributed by atoms with Crippen LogP contribution in [-0.2, 0) is 0 Å². The predicted molar refractivity (Wildman–Crippen MR) is 61.2 cm³/mol. The Morgan fingerprint density at radius 1 is 1.36 bits per heavy atom. The molecule has 0 amide bonds. The average Bonchev–Trinajstić information content (AvgIpc) is 2.25. The summed E-state index contributed by atoms with van der Waals surface area (Å²) in [6, 6.07) is 5.80. The first-order valence-electron chi connectivity index (χ1n) is 4.61. The molecule has 1 aromatic rings. The highest BCUT2D eigenvalue weighted by molar-refractivity contribution is 5.71.